The summed E-state index contributed by atoms with van der Waals surface area (Å²) in [5, 5.41) is 3.75. The lowest BCUT2D eigenvalue weighted by Crippen LogP contribution is -2.41. The first kappa shape index (κ1) is 14.2. The van der Waals surface area contributed by atoms with Crippen LogP contribution in [0.25, 0.3) is 0 Å². The summed E-state index contributed by atoms with van der Waals surface area (Å²) in [5.74, 6) is -1.20. The van der Waals surface area contributed by atoms with Crippen LogP contribution in [-0.4, -0.2) is 41.0 Å². The predicted octanol–water partition coefficient (Wildman–Crippen LogP) is 0.934. The van der Waals surface area contributed by atoms with Gasteiger partial charge < -0.3 is 4.90 Å². The van der Waals surface area contributed by atoms with Gasteiger partial charge >= 0.3 is 11.8 Å². The van der Waals surface area contributed by atoms with Gasteiger partial charge in [0.05, 0.1) is 11.9 Å². The summed E-state index contributed by atoms with van der Waals surface area (Å²) >= 11 is 0. The molecule has 2 amide bonds. The van der Waals surface area contributed by atoms with Crippen molar-refractivity contribution in [2.24, 2.45) is 5.10 Å². The zero-order chi connectivity index (χ0) is 14.2. The fourth-order valence-corrected chi connectivity index (χ4v) is 2.07. The molecule has 0 atom stereocenters. The van der Waals surface area contributed by atoms with E-state index >= 15 is 0 Å². The van der Waals surface area contributed by atoms with Crippen LogP contribution < -0.4 is 5.43 Å². The molecule has 6 nitrogen and oxygen atoms in total. The van der Waals surface area contributed by atoms with Gasteiger partial charge in [-0.3, -0.25) is 14.6 Å². The first-order valence-corrected chi connectivity index (χ1v) is 6.81. The lowest BCUT2D eigenvalue weighted by atomic mass is 10.2. The van der Waals surface area contributed by atoms with Gasteiger partial charge in [-0.2, -0.15) is 5.10 Å². The lowest BCUT2D eigenvalue weighted by molar-refractivity contribution is -0.145. The van der Waals surface area contributed by atoms with Crippen molar-refractivity contribution < 1.29 is 9.59 Å². The fourth-order valence-electron chi connectivity index (χ4n) is 2.07. The molecule has 0 aliphatic carbocycles. The van der Waals surface area contributed by atoms with Crippen molar-refractivity contribution in [2.45, 2.75) is 25.7 Å². The van der Waals surface area contributed by atoms with Gasteiger partial charge in [0, 0.05) is 19.3 Å². The van der Waals surface area contributed by atoms with Crippen molar-refractivity contribution in [3.05, 3.63) is 30.1 Å². The molecule has 2 heterocycles. The van der Waals surface area contributed by atoms with E-state index in [9.17, 15) is 9.59 Å². The zero-order valence-corrected chi connectivity index (χ0v) is 11.3. The average molecular weight is 274 g/mol. The third-order valence-electron chi connectivity index (χ3n) is 3.14. The summed E-state index contributed by atoms with van der Waals surface area (Å²) in [4.78, 5) is 29.2. The number of carbonyl (C=O) groups is 2. The van der Waals surface area contributed by atoms with E-state index in [4.69, 9.17) is 0 Å². The average Bonchev–Trinajstić information content (AvgIpc) is 2.76. The number of hydrazone groups is 1. The Bertz CT molecular complexity index is 479. The Hall–Kier alpha value is -2.24. The molecule has 0 bridgehead atoms. The molecule has 1 aromatic rings. The number of nitrogens with zero attached hydrogens (tertiary/aromatic N) is 3. The van der Waals surface area contributed by atoms with Gasteiger partial charge in [-0.25, -0.2) is 5.43 Å². The van der Waals surface area contributed by atoms with Gasteiger partial charge in [0.25, 0.3) is 0 Å². The summed E-state index contributed by atoms with van der Waals surface area (Å²) < 4.78 is 0. The number of nitrogens with one attached hydrogen (secondary N) is 1. The quantitative estimate of drug-likeness (QED) is 0.495. The summed E-state index contributed by atoms with van der Waals surface area (Å²) in [6.45, 7) is 1.30. The van der Waals surface area contributed by atoms with Crippen molar-refractivity contribution in [1.29, 1.82) is 0 Å². The molecule has 6 heteroatoms. The Morgan fingerprint density at radius 3 is 2.60 bits per heavy atom. The molecule has 1 aliphatic rings. The van der Waals surface area contributed by atoms with E-state index in [2.05, 4.69) is 15.5 Å². The minimum Gasteiger partial charge on any atom is -0.334 e. The third kappa shape index (κ3) is 4.15. The maximum Gasteiger partial charge on any atom is 0.329 e. The molecule has 0 saturated carbocycles. The Labute approximate surface area is 117 Å². The Morgan fingerprint density at radius 2 is 1.95 bits per heavy atom. The molecule has 1 saturated heterocycles. The van der Waals surface area contributed by atoms with Gasteiger partial charge in [0.15, 0.2) is 0 Å². The van der Waals surface area contributed by atoms with E-state index < -0.39 is 11.8 Å². The summed E-state index contributed by atoms with van der Waals surface area (Å²) in [6.07, 6.45) is 7.18. The molecule has 1 aliphatic heterocycles. The van der Waals surface area contributed by atoms with E-state index in [0.717, 1.165) is 25.7 Å². The number of aromatic nitrogens is 1. The maximum atomic E-state index is 11.9. The standard InChI is InChI=1S/C14H18N4O2/c19-13(14(20)18-9-5-1-2-6-10-18)17-16-11-12-7-3-4-8-15-12/h3-4,7-8,11H,1-2,5-6,9-10H2,(H,17,19)/b16-11-. The Balaban J connectivity index is 1.84. The molecule has 0 unspecified atom stereocenters. The second-order valence-corrected chi connectivity index (χ2v) is 4.66. The van der Waals surface area contributed by atoms with E-state index in [0.29, 0.717) is 18.8 Å². The van der Waals surface area contributed by atoms with Crippen LogP contribution in [0.4, 0.5) is 0 Å². The molecular weight excluding hydrogens is 256 g/mol. The molecule has 0 radical (unpaired) electrons. The van der Waals surface area contributed by atoms with Gasteiger partial charge in [-0.1, -0.05) is 18.9 Å². The zero-order valence-electron chi connectivity index (χ0n) is 11.3. The van der Waals surface area contributed by atoms with Crippen LogP contribution in [0, 0.1) is 0 Å². The minimum atomic E-state index is -0.695. The SMILES string of the molecule is O=C(N/N=C\c1ccccn1)C(=O)N1CCCCCC1. The fraction of sp³-hybridized carbons (Fsp3) is 0.429. The van der Waals surface area contributed by atoms with Crippen LogP contribution in [0.1, 0.15) is 31.4 Å². The highest BCUT2D eigenvalue weighted by Crippen LogP contribution is 2.09. The van der Waals surface area contributed by atoms with Crippen molar-refractivity contribution in [1.82, 2.24) is 15.3 Å². The van der Waals surface area contributed by atoms with Crippen molar-refractivity contribution >= 4 is 18.0 Å². The second-order valence-electron chi connectivity index (χ2n) is 4.66. The molecule has 2 rings (SSSR count). The molecule has 1 fully saturated rings. The summed E-state index contributed by atoms with van der Waals surface area (Å²) in [6, 6.07) is 5.36. The smallest absolute Gasteiger partial charge is 0.329 e. The topological polar surface area (TPSA) is 74.7 Å². The number of carbonyl (C=O) groups excluding carboxylic acids is 2. The van der Waals surface area contributed by atoms with Crippen molar-refractivity contribution in [3.8, 4) is 0 Å². The lowest BCUT2D eigenvalue weighted by Gasteiger charge is -2.18. The molecule has 0 aromatic carbocycles. The molecule has 1 N–H and O–H groups in total. The Morgan fingerprint density at radius 1 is 1.20 bits per heavy atom. The van der Waals surface area contributed by atoms with Gasteiger partial charge in [0.2, 0.25) is 0 Å². The van der Waals surface area contributed by atoms with Gasteiger partial charge in [-0.15, -0.1) is 0 Å². The van der Waals surface area contributed by atoms with Crippen LogP contribution in [0.2, 0.25) is 0 Å². The van der Waals surface area contributed by atoms with Crippen molar-refractivity contribution in [2.75, 3.05) is 13.1 Å². The first-order chi connectivity index (χ1) is 9.77. The number of amides is 2. The predicted molar refractivity (Wildman–Crippen MR) is 75.0 cm³/mol. The minimum absolute atomic E-state index is 0.509. The van der Waals surface area contributed by atoms with Crippen LogP contribution in [-0.2, 0) is 9.59 Å². The van der Waals surface area contributed by atoms with E-state index in [1.54, 1.807) is 23.2 Å². The monoisotopic (exact) mass is 274 g/mol. The van der Waals surface area contributed by atoms with E-state index in [1.165, 1.54) is 6.21 Å². The normalized spacial score (nSPS) is 15.9. The number of hydrogen-bond donors (Lipinski definition) is 1. The number of pyridine rings is 1. The third-order valence-corrected chi connectivity index (χ3v) is 3.14. The van der Waals surface area contributed by atoms with Gasteiger partial charge in [-0.05, 0) is 25.0 Å². The molecule has 106 valence electrons. The Kier molecular flexibility index (Phi) is 5.23. The van der Waals surface area contributed by atoms with Crippen molar-refractivity contribution in [3.63, 3.8) is 0 Å². The first-order valence-electron chi connectivity index (χ1n) is 6.81. The molecule has 20 heavy (non-hydrogen) atoms. The maximum absolute atomic E-state index is 11.9. The highest BCUT2D eigenvalue weighted by Gasteiger charge is 2.21. The van der Waals surface area contributed by atoms with Crippen LogP contribution >= 0.6 is 0 Å². The summed E-state index contributed by atoms with van der Waals surface area (Å²) in [7, 11) is 0. The molecular formula is C14H18N4O2. The summed E-state index contributed by atoms with van der Waals surface area (Å²) in [5.41, 5.74) is 2.87. The van der Waals surface area contributed by atoms with E-state index in [1.807, 2.05) is 6.07 Å². The second kappa shape index (κ2) is 7.37. The van der Waals surface area contributed by atoms with Gasteiger partial charge in [0.1, 0.15) is 0 Å². The number of hydrogen-bond acceptors (Lipinski definition) is 4. The van der Waals surface area contributed by atoms with Crippen LogP contribution in [0.3, 0.4) is 0 Å². The number of likely N-dealkylation sites (tertiary alicyclic amines) is 1. The molecule has 1 aromatic heterocycles. The highest BCUT2D eigenvalue weighted by molar-refractivity contribution is 6.35. The van der Waals surface area contributed by atoms with E-state index in [-0.39, 0.29) is 0 Å². The highest BCUT2D eigenvalue weighted by atomic mass is 16.2. The van der Waals surface area contributed by atoms with Crippen LogP contribution in [0.5, 0.6) is 0 Å². The van der Waals surface area contributed by atoms with Crippen LogP contribution in [0.15, 0.2) is 29.5 Å². The molecule has 0 spiro atoms. The number of rotatable bonds is 2. The largest absolute Gasteiger partial charge is 0.334 e.